The van der Waals surface area contributed by atoms with Gasteiger partial charge in [0.15, 0.2) is 0 Å². The van der Waals surface area contributed by atoms with E-state index in [4.69, 9.17) is 9.94 Å². The minimum atomic E-state index is -0.939. The number of rotatable bonds is 6. The van der Waals surface area contributed by atoms with Gasteiger partial charge >= 0.3 is 12.0 Å². The van der Waals surface area contributed by atoms with E-state index in [1.54, 1.807) is 69.3 Å². The van der Waals surface area contributed by atoms with Crippen molar-refractivity contribution in [2.75, 3.05) is 10.6 Å². The highest BCUT2D eigenvalue weighted by molar-refractivity contribution is 6.07. The molecule has 28 heavy (non-hydrogen) atoms. The van der Waals surface area contributed by atoms with Crippen molar-refractivity contribution in [3.8, 4) is 0 Å². The molecule has 148 valence electrons. The number of hydrogen-bond donors (Lipinski definition) is 4. The van der Waals surface area contributed by atoms with Gasteiger partial charge in [0.2, 0.25) is 0 Å². The van der Waals surface area contributed by atoms with Crippen molar-refractivity contribution in [3.63, 3.8) is 0 Å². The number of nitrogens with one attached hydrogen (secondary N) is 3. The molecule has 2 rings (SSSR count). The molecule has 0 fully saturated rings. The summed E-state index contributed by atoms with van der Waals surface area (Å²) < 4.78 is 0. The summed E-state index contributed by atoms with van der Waals surface area (Å²) in [6.07, 6.45) is -0.111. The Morgan fingerprint density at radius 1 is 0.929 bits per heavy atom. The van der Waals surface area contributed by atoms with E-state index in [9.17, 15) is 14.4 Å². The number of hydroxylamine groups is 1. The quantitative estimate of drug-likeness (QED) is 0.569. The molecule has 0 aliphatic carbocycles. The summed E-state index contributed by atoms with van der Waals surface area (Å²) in [6.45, 7) is 5.38. The van der Waals surface area contributed by atoms with Crippen molar-refractivity contribution in [2.45, 2.75) is 32.8 Å². The molecule has 0 saturated carbocycles. The van der Waals surface area contributed by atoms with Gasteiger partial charge in [0.05, 0.1) is 23.4 Å². The van der Waals surface area contributed by atoms with E-state index in [1.807, 2.05) is 0 Å². The molecule has 0 atom stereocenters. The molecule has 0 aliphatic rings. The van der Waals surface area contributed by atoms with Crippen LogP contribution in [0.4, 0.5) is 16.2 Å². The van der Waals surface area contributed by atoms with Crippen molar-refractivity contribution in [1.29, 1.82) is 0 Å². The predicted molar refractivity (Wildman–Crippen MR) is 105 cm³/mol. The molecule has 0 unspecified atom stereocenters. The van der Waals surface area contributed by atoms with Crippen molar-refractivity contribution in [2.24, 2.45) is 0 Å². The van der Waals surface area contributed by atoms with Crippen LogP contribution in [0.5, 0.6) is 0 Å². The van der Waals surface area contributed by atoms with Gasteiger partial charge in [-0.3, -0.25) is 14.4 Å². The summed E-state index contributed by atoms with van der Waals surface area (Å²) in [6, 6.07) is 12.4. The smallest absolute Gasteiger partial charge is 0.343 e. The summed E-state index contributed by atoms with van der Waals surface area (Å²) in [5.74, 6) is -1.33. The van der Waals surface area contributed by atoms with E-state index in [1.165, 1.54) is 0 Å². The van der Waals surface area contributed by atoms with Crippen LogP contribution in [0.2, 0.25) is 0 Å². The first kappa shape index (κ1) is 20.9. The molecule has 2 aromatic carbocycles. The monoisotopic (exact) mass is 385 g/mol. The number of para-hydroxylation sites is 2. The third-order valence-corrected chi connectivity index (χ3v) is 3.44. The van der Waals surface area contributed by atoms with Crippen molar-refractivity contribution in [3.05, 3.63) is 59.7 Å². The lowest BCUT2D eigenvalue weighted by Gasteiger charge is -2.19. The van der Waals surface area contributed by atoms with Gasteiger partial charge in [0, 0.05) is 5.56 Å². The molecule has 4 N–H and O–H groups in total. The van der Waals surface area contributed by atoms with Gasteiger partial charge in [0.1, 0.15) is 0 Å². The lowest BCUT2D eigenvalue weighted by molar-refractivity contribution is -0.136. The molecule has 8 heteroatoms. The maximum absolute atomic E-state index is 12.5. The highest BCUT2D eigenvalue weighted by Crippen LogP contribution is 2.22. The van der Waals surface area contributed by atoms with Crippen LogP contribution in [0, 0.1) is 0 Å². The molecule has 0 radical (unpaired) electrons. The van der Waals surface area contributed by atoms with Crippen LogP contribution in [-0.2, 0) is 16.1 Å². The zero-order valence-electron chi connectivity index (χ0n) is 15.9. The molecule has 3 amide bonds. The summed E-state index contributed by atoms with van der Waals surface area (Å²) in [7, 11) is 0. The minimum absolute atomic E-state index is 0.111. The van der Waals surface area contributed by atoms with Crippen LogP contribution in [-0.4, -0.2) is 28.6 Å². The number of amides is 3. The Morgan fingerprint density at radius 3 is 2.04 bits per heavy atom. The Bertz CT molecular complexity index is 857. The maximum Gasteiger partial charge on any atom is 0.343 e. The van der Waals surface area contributed by atoms with Gasteiger partial charge in [0.25, 0.3) is 5.91 Å². The maximum atomic E-state index is 12.5. The molecule has 2 aromatic rings. The van der Waals surface area contributed by atoms with E-state index in [2.05, 4.69) is 16.1 Å². The van der Waals surface area contributed by atoms with Crippen LogP contribution >= 0.6 is 0 Å². The average Bonchev–Trinajstić information content (AvgIpc) is 2.61. The number of aliphatic carboxylic acids is 1. The molecule has 8 nitrogen and oxygen atoms in total. The molecular formula is C20H23N3O5. The lowest BCUT2D eigenvalue weighted by atomic mass is 10.1. The molecule has 0 saturated heterocycles. The van der Waals surface area contributed by atoms with E-state index in [0.29, 0.717) is 22.5 Å². The Kier molecular flexibility index (Phi) is 6.73. The number of benzene rings is 2. The van der Waals surface area contributed by atoms with Gasteiger partial charge in [-0.15, -0.1) is 0 Å². The molecular weight excluding hydrogens is 362 g/mol. The van der Waals surface area contributed by atoms with E-state index < -0.39 is 17.6 Å². The Labute approximate surface area is 162 Å². The number of urea groups is 1. The summed E-state index contributed by atoms with van der Waals surface area (Å²) >= 11 is 0. The standard InChI is InChI=1S/C20H23N3O5/c1-20(2,3)28-23-19(27)22-16-7-5-4-6-15(16)21-18(26)14-10-8-13(9-11-14)12-17(24)25/h4-11H,12H2,1-3H3,(H,21,26)(H,24,25)(H2,22,23,27). The highest BCUT2D eigenvalue weighted by atomic mass is 16.7. The lowest BCUT2D eigenvalue weighted by Crippen LogP contribution is -2.36. The third kappa shape index (κ3) is 6.73. The molecule has 0 heterocycles. The van der Waals surface area contributed by atoms with E-state index in [-0.39, 0.29) is 12.3 Å². The summed E-state index contributed by atoms with van der Waals surface area (Å²) in [5.41, 5.74) is 3.52. The van der Waals surface area contributed by atoms with Crippen LogP contribution in [0.15, 0.2) is 48.5 Å². The predicted octanol–water partition coefficient (Wildman–Crippen LogP) is 3.42. The summed E-state index contributed by atoms with van der Waals surface area (Å²) in [5, 5.41) is 14.1. The van der Waals surface area contributed by atoms with E-state index in [0.717, 1.165) is 0 Å². The first-order chi connectivity index (χ1) is 13.1. The largest absolute Gasteiger partial charge is 0.481 e. The number of carboxylic acid groups (broad SMARTS) is 1. The van der Waals surface area contributed by atoms with Gasteiger partial charge in [-0.25, -0.2) is 10.3 Å². The minimum Gasteiger partial charge on any atom is -0.481 e. The second-order valence-corrected chi connectivity index (χ2v) is 7.04. The fourth-order valence-corrected chi connectivity index (χ4v) is 2.19. The van der Waals surface area contributed by atoms with Crippen LogP contribution in [0.1, 0.15) is 36.7 Å². The highest BCUT2D eigenvalue weighted by Gasteiger charge is 2.15. The molecule has 0 spiro atoms. The van der Waals surface area contributed by atoms with Crippen LogP contribution < -0.4 is 16.1 Å². The molecule has 0 aliphatic heterocycles. The summed E-state index contributed by atoms with van der Waals surface area (Å²) in [4.78, 5) is 40.4. The van der Waals surface area contributed by atoms with Crippen molar-refractivity contribution >= 4 is 29.3 Å². The van der Waals surface area contributed by atoms with Crippen molar-refractivity contribution < 1.29 is 24.3 Å². The van der Waals surface area contributed by atoms with Crippen LogP contribution in [0.3, 0.4) is 0 Å². The zero-order chi connectivity index (χ0) is 20.7. The topological polar surface area (TPSA) is 117 Å². The van der Waals surface area contributed by atoms with Gasteiger partial charge in [-0.1, -0.05) is 24.3 Å². The fourth-order valence-electron chi connectivity index (χ4n) is 2.19. The molecule has 0 aromatic heterocycles. The number of carbonyl (C=O) groups excluding carboxylic acids is 2. The second-order valence-electron chi connectivity index (χ2n) is 7.04. The Balaban J connectivity index is 2.05. The average molecular weight is 385 g/mol. The number of carbonyl (C=O) groups is 3. The SMILES string of the molecule is CC(C)(C)ONC(=O)Nc1ccccc1NC(=O)c1ccc(CC(=O)O)cc1. The van der Waals surface area contributed by atoms with Gasteiger partial charge in [-0.2, -0.15) is 0 Å². The Hall–Kier alpha value is -3.39. The number of hydrogen-bond acceptors (Lipinski definition) is 4. The van der Waals surface area contributed by atoms with Crippen molar-refractivity contribution in [1.82, 2.24) is 5.48 Å². The first-order valence-corrected chi connectivity index (χ1v) is 8.60. The number of carboxylic acids is 1. The normalized spacial score (nSPS) is 10.8. The zero-order valence-corrected chi connectivity index (χ0v) is 15.9. The molecule has 0 bridgehead atoms. The first-order valence-electron chi connectivity index (χ1n) is 8.60. The third-order valence-electron chi connectivity index (χ3n) is 3.44. The number of anilines is 2. The van der Waals surface area contributed by atoms with E-state index >= 15 is 0 Å². The fraction of sp³-hybridized carbons (Fsp3) is 0.250. The Morgan fingerprint density at radius 2 is 1.50 bits per heavy atom. The van der Waals surface area contributed by atoms with Gasteiger partial charge in [-0.05, 0) is 50.6 Å². The second kappa shape index (κ2) is 9.01. The van der Waals surface area contributed by atoms with Gasteiger partial charge < -0.3 is 15.7 Å². The van der Waals surface area contributed by atoms with Crippen LogP contribution in [0.25, 0.3) is 0 Å².